The predicted molar refractivity (Wildman–Crippen MR) is 80.5 cm³/mol. The number of hydrogen-bond acceptors (Lipinski definition) is 3. The molecule has 3 nitrogen and oxygen atoms in total. The van der Waals surface area contributed by atoms with E-state index >= 15 is 0 Å². The lowest BCUT2D eigenvalue weighted by Crippen LogP contribution is -2.49. The summed E-state index contributed by atoms with van der Waals surface area (Å²) < 4.78 is 5.74. The van der Waals surface area contributed by atoms with Crippen molar-refractivity contribution in [3.05, 3.63) is 0 Å². The van der Waals surface area contributed by atoms with Crippen molar-refractivity contribution >= 4 is 0 Å². The second kappa shape index (κ2) is 6.55. The van der Waals surface area contributed by atoms with E-state index in [4.69, 9.17) is 4.74 Å². The topological polar surface area (TPSA) is 24.5 Å². The monoisotopic (exact) mass is 268 g/mol. The van der Waals surface area contributed by atoms with E-state index in [1.807, 2.05) is 0 Å². The lowest BCUT2D eigenvalue weighted by molar-refractivity contribution is 0.0826. The van der Waals surface area contributed by atoms with Gasteiger partial charge < -0.3 is 10.1 Å². The van der Waals surface area contributed by atoms with Crippen LogP contribution in [-0.4, -0.2) is 49.3 Å². The lowest BCUT2D eigenvalue weighted by atomic mass is 9.85. The van der Waals surface area contributed by atoms with Crippen molar-refractivity contribution in [2.24, 2.45) is 5.41 Å². The molecule has 2 fully saturated rings. The molecule has 0 saturated carbocycles. The third-order valence-electron chi connectivity index (χ3n) is 5.01. The number of ether oxygens (including phenoxy) is 1. The molecule has 0 spiro atoms. The van der Waals surface area contributed by atoms with Crippen LogP contribution in [0.5, 0.6) is 0 Å². The molecular weight excluding hydrogens is 236 g/mol. The third kappa shape index (κ3) is 3.71. The van der Waals surface area contributed by atoms with Crippen LogP contribution < -0.4 is 5.32 Å². The van der Waals surface area contributed by atoms with Gasteiger partial charge in [0, 0.05) is 43.2 Å². The molecule has 0 aromatic heterocycles. The molecule has 0 amide bonds. The summed E-state index contributed by atoms with van der Waals surface area (Å²) in [6.45, 7) is 13.4. The number of likely N-dealkylation sites (tertiary alicyclic amines) is 1. The lowest BCUT2D eigenvalue weighted by Gasteiger charge is -2.38. The molecule has 0 bridgehead atoms. The number of hydrogen-bond donors (Lipinski definition) is 1. The van der Waals surface area contributed by atoms with Gasteiger partial charge in [0.15, 0.2) is 0 Å². The first kappa shape index (κ1) is 15.3. The van der Waals surface area contributed by atoms with E-state index in [9.17, 15) is 0 Å². The smallest absolute Gasteiger partial charge is 0.0547 e. The second-order valence-electron chi connectivity index (χ2n) is 7.00. The zero-order valence-corrected chi connectivity index (χ0v) is 13.2. The molecule has 3 atom stereocenters. The van der Waals surface area contributed by atoms with Crippen LogP contribution in [0.1, 0.15) is 53.4 Å². The van der Waals surface area contributed by atoms with Crippen molar-refractivity contribution in [3.8, 4) is 0 Å². The highest BCUT2D eigenvalue weighted by atomic mass is 16.5. The molecule has 19 heavy (non-hydrogen) atoms. The van der Waals surface area contributed by atoms with Gasteiger partial charge in [0.25, 0.3) is 0 Å². The highest BCUT2D eigenvalue weighted by Gasteiger charge is 2.40. The molecule has 3 unspecified atom stereocenters. The van der Waals surface area contributed by atoms with Gasteiger partial charge in [-0.3, -0.25) is 4.90 Å². The van der Waals surface area contributed by atoms with E-state index in [2.05, 4.69) is 37.9 Å². The summed E-state index contributed by atoms with van der Waals surface area (Å²) in [6.07, 6.45) is 5.25. The van der Waals surface area contributed by atoms with Gasteiger partial charge in [0.05, 0.1) is 6.61 Å². The molecule has 0 aliphatic carbocycles. The fourth-order valence-electron chi connectivity index (χ4n) is 3.63. The SMILES string of the molecule is CCC1CCC(C)N1CC1(CNC(C)C)CCOC1. The Bertz CT molecular complexity index is 274. The number of rotatable bonds is 6. The van der Waals surface area contributed by atoms with Crippen LogP contribution in [0, 0.1) is 5.41 Å². The van der Waals surface area contributed by atoms with Crippen molar-refractivity contribution in [2.45, 2.75) is 71.5 Å². The average Bonchev–Trinajstić information content (AvgIpc) is 2.97. The average molecular weight is 268 g/mol. The maximum absolute atomic E-state index is 5.74. The highest BCUT2D eigenvalue weighted by molar-refractivity contribution is 4.94. The zero-order valence-electron chi connectivity index (χ0n) is 13.2. The summed E-state index contributed by atoms with van der Waals surface area (Å²) in [5, 5.41) is 3.64. The molecule has 3 heteroatoms. The van der Waals surface area contributed by atoms with E-state index in [1.54, 1.807) is 0 Å². The fourth-order valence-corrected chi connectivity index (χ4v) is 3.63. The second-order valence-corrected chi connectivity index (χ2v) is 7.00. The van der Waals surface area contributed by atoms with E-state index in [0.29, 0.717) is 11.5 Å². The highest BCUT2D eigenvalue weighted by Crippen LogP contribution is 2.35. The summed E-state index contributed by atoms with van der Waals surface area (Å²) in [4.78, 5) is 2.76. The molecule has 2 aliphatic rings. The molecule has 112 valence electrons. The van der Waals surface area contributed by atoms with E-state index < -0.39 is 0 Å². The van der Waals surface area contributed by atoms with Crippen LogP contribution in [0.4, 0.5) is 0 Å². The summed E-state index contributed by atoms with van der Waals surface area (Å²) in [5.41, 5.74) is 0.344. The Morgan fingerprint density at radius 3 is 2.74 bits per heavy atom. The maximum atomic E-state index is 5.74. The first-order valence-corrected chi connectivity index (χ1v) is 8.13. The molecule has 2 saturated heterocycles. The Morgan fingerprint density at radius 1 is 1.37 bits per heavy atom. The van der Waals surface area contributed by atoms with Crippen LogP contribution in [-0.2, 0) is 4.74 Å². The summed E-state index contributed by atoms with van der Waals surface area (Å²) >= 11 is 0. The molecule has 0 radical (unpaired) electrons. The zero-order chi connectivity index (χ0) is 13.9. The largest absolute Gasteiger partial charge is 0.381 e. The Hall–Kier alpha value is -0.120. The van der Waals surface area contributed by atoms with Crippen molar-refractivity contribution in [3.63, 3.8) is 0 Å². The molecule has 0 aromatic carbocycles. The van der Waals surface area contributed by atoms with E-state index in [0.717, 1.165) is 31.8 Å². The van der Waals surface area contributed by atoms with Crippen LogP contribution in [0.25, 0.3) is 0 Å². The first-order valence-electron chi connectivity index (χ1n) is 8.13. The number of nitrogens with zero attached hydrogens (tertiary/aromatic N) is 1. The normalized spacial score (nSPS) is 36.5. The Labute approximate surface area is 119 Å². The fraction of sp³-hybridized carbons (Fsp3) is 1.00. The van der Waals surface area contributed by atoms with Crippen molar-refractivity contribution in [1.82, 2.24) is 10.2 Å². The van der Waals surface area contributed by atoms with Gasteiger partial charge in [0.1, 0.15) is 0 Å². The summed E-state index contributed by atoms with van der Waals surface area (Å²) in [7, 11) is 0. The van der Waals surface area contributed by atoms with Gasteiger partial charge in [-0.1, -0.05) is 20.8 Å². The molecule has 2 rings (SSSR count). The van der Waals surface area contributed by atoms with Crippen molar-refractivity contribution in [1.29, 1.82) is 0 Å². The minimum Gasteiger partial charge on any atom is -0.381 e. The minimum atomic E-state index is 0.344. The summed E-state index contributed by atoms with van der Waals surface area (Å²) in [5.74, 6) is 0. The van der Waals surface area contributed by atoms with Gasteiger partial charge in [-0.15, -0.1) is 0 Å². The minimum absolute atomic E-state index is 0.344. The predicted octanol–water partition coefficient (Wildman–Crippen LogP) is 2.65. The molecular formula is C16H32N2O. The Balaban J connectivity index is 1.99. The Morgan fingerprint density at radius 2 is 2.16 bits per heavy atom. The van der Waals surface area contributed by atoms with Crippen LogP contribution in [0.2, 0.25) is 0 Å². The van der Waals surface area contributed by atoms with Crippen LogP contribution in [0.15, 0.2) is 0 Å². The number of nitrogens with one attached hydrogen (secondary N) is 1. The van der Waals surface area contributed by atoms with E-state index in [1.165, 1.54) is 32.2 Å². The van der Waals surface area contributed by atoms with Gasteiger partial charge in [-0.05, 0) is 32.6 Å². The van der Waals surface area contributed by atoms with Crippen LogP contribution >= 0.6 is 0 Å². The van der Waals surface area contributed by atoms with Gasteiger partial charge >= 0.3 is 0 Å². The quantitative estimate of drug-likeness (QED) is 0.801. The molecule has 2 heterocycles. The molecule has 0 aromatic rings. The third-order valence-corrected chi connectivity index (χ3v) is 5.01. The van der Waals surface area contributed by atoms with Gasteiger partial charge in [-0.25, -0.2) is 0 Å². The van der Waals surface area contributed by atoms with E-state index in [-0.39, 0.29) is 0 Å². The van der Waals surface area contributed by atoms with Gasteiger partial charge in [0.2, 0.25) is 0 Å². The van der Waals surface area contributed by atoms with Gasteiger partial charge in [-0.2, -0.15) is 0 Å². The molecule has 2 aliphatic heterocycles. The van der Waals surface area contributed by atoms with Crippen LogP contribution in [0.3, 0.4) is 0 Å². The summed E-state index contributed by atoms with van der Waals surface area (Å²) in [6, 6.07) is 2.11. The molecule has 1 N–H and O–H groups in total. The first-order chi connectivity index (χ1) is 9.06. The maximum Gasteiger partial charge on any atom is 0.0547 e. The standard InChI is InChI=1S/C16H32N2O/c1-5-15-7-6-14(4)18(15)11-16(8-9-19-12-16)10-17-13(2)3/h13-15,17H,5-12H2,1-4H3. The van der Waals surface area contributed by atoms with Crippen molar-refractivity contribution < 1.29 is 4.74 Å². The van der Waals surface area contributed by atoms with Crippen molar-refractivity contribution in [2.75, 3.05) is 26.3 Å². The Kier molecular flexibility index (Phi) is 5.27.